The second-order valence-corrected chi connectivity index (χ2v) is 7.56. The summed E-state index contributed by atoms with van der Waals surface area (Å²) < 4.78 is 11.3. The molecule has 1 aromatic rings. The first-order chi connectivity index (χ1) is 14.0. The lowest BCUT2D eigenvalue weighted by Crippen LogP contribution is -2.42. The summed E-state index contributed by atoms with van der Waals surface area (Å²) in [4.78, 5) is 19.0. The molecule has 0 bridgehead atoms. The van der Waals surface area contributed by atoms with Gasteiger partial charge in [0.2, 0.25) is 5.91 Å². The molecule has 8 heteroatoms. The normalized spacial score (nSPS) is 17.5. The van der Waals surface area contributed by atoms with Crippen LogP contribution in [0.4, 0.5) is 0 Å². The number of piperidine rings is 1. The molecule has 1 aliphatic rings. The van der Waals surface area contributed by atoms with Crippen LogP contribution in [0.15, 0.2) is 29.3 Å². The van der Waals surface area contributed by atoms with Gasteiger partial charge in [-0.3, -0.25) is 4.79 Å². The van der Waals surface area contributed by atoms with Crippen molar-refractivity contribution >= 4 is 35.8 Å². The third-order valence-electron chi connectivity index (χ3n) is 4.89. The summed E-state index contributed by atoms with van der Waals surface area (Å²) in [5.41, 5.74) is 0. The number of aliphatic imine (C=N–C) groups is 1. The van der Waals surface area contributed by atoms with E-state index in [0.29, 0.717) is 42.9 Å². The van der Waals surface area contributed by atoms with Crippen LogP contribution in [0.25, 0.3) is 0 Å². The molecule has 0 spiro atoms. The largest absolute Gasteiger partial charge is 0.493 e. The first-order valence-corrected chi connectivity index (χ1v) is 10.6. The Morgan fingerprint density at radius 2 is 2.03 bits per heavy atom. The summed E-state index contributed by atoms with van der Waals surface area (Å²) >= 11 is 0. The number of hydrogen-bond acceptors (Lipinski definition) is 4. The van der Waals surface area contributed by atoms with E-state index in [9.17, 15) is 4.79 Å². The van der Waals surface area contributed by atoms with E-state index in [2.05, 4.69) is 22.5 Å². The van der Waals surface area contributed by atoms with Gasteiger partial charge in [-0.15, -0.1) is 24.0 Å². The molecule has 1 fully saturated rings. The quantitative estimate of drug-likeness (QED) is 0.290. The minimum Gasteiger partial charge on any atom is -0.493 e. The second kappa shape index (κ2) is 14.3. The predicted octanol–water partition coefficient (Wildman–Crippen LogP) is 3.28. The third-order valence-corrected chi connectivity index (χ3v) is 4.89. The lowest BCUT2D eigenvalue weighted by atomic mass is 10.00. The van der Waals surface area contributed by atoms with Gasteiger partial charge in [0.1, 0.15) is 6.10 Å². The van der Waals surface area contributed by atoms with Crippen LogP contribution >= 0.6 is 24.0 Å². The Labute approximate surface area is 198 Å². The molecule has 1 aromatic carbocycles. The Kier molecular flexibility index (Phi) is 12.6. The van der Waals surface area contributed by atoms with Gasteiger partial charge in [0.05, 0.1) is 13.7 Å². The Morgan fingerprint density at radius 1 is 1.30 bits per heavy atom. The summed E-state index contributed by atoms with van der Waals surface area (Å²) in [5, 5.41) is 6.47. The fourth-order valence-corrected chi connectivity index (χ4v) is 3.39. The summed E-state index contributed by atoms with van der Waals surface area (Å²) in [6.45, 7) is 9.78. The Bertz CT molecular complexity index is 672. The fourth-order valence-electron chi connectivity index (χ4n) is 3.39. The predicted molar refractivity (Wildman–Crippen MR) is 132 cm³/mol. The molecule has 2 unspecified atom stereocenters. The molecular weight excluding hydrogens is 495 g/mol. The molecule has 30 heavy (non-hydrogen) atoms. The van der Waals surface area contributed by atoms with Crippen molar-refractivity contribution in [1.82, 2.24) is 15.5 Å². The van der Waals surface area contributed by atoms with Crippen LogP contribution in [0.5, 0.6) is 11.5 Å². The van der Waals surface area contributed by atoms with E-state index in [1.807, 2.05) is 43.0 Å². The number of carbonyl (C=O) groups excluding carboxylic acids is 1. The highest BCUT2D eigenvalue weighted by molar-refractivity contribution is 14.0. The number of rotatable bonds is 9. The molecule has 0 aliphatic carbocycles. The van der Waals surface area contributed by atoms with Crippen molar-refractivity contribution in [2.24, 2.45) is 10.9 Å². The van der Waals surface area contributed by atoms with Crippen LogP contribution in [0.1, 0.15) is 40.0 Å². The molecule has 1 aliphatic heterocycles. The number of guanidine groups is 1. The van der Waals surface area contributed by atoms with Crippen molar-refractivity contribution in [3.8, 4) is 11.5 Å². The highest BCUT2D eigenvalue weighted by Crippen LogP contribution is 2.26. The van der Waals surface area contributed by atoms with Crippen molar-refractivity contribution in [3.63, 3.8) is 0 Å². The van der Waals surface area contributed by atoms with Gasteiger partial charge < -0.3 is 25.0 Å². The first kappa shape index (κ1) is 26.3. The van der Waals surface area contributed by atoms with Crippen molar-refractivity contribution < 1.29 is 14.3 Å². The number of para-hydroxylation sites is 2. The van der Waals surface area contributed by atoms with Gasteiger partial charge in [-0.2, -0.15) is 0 Å². The van der Waals surface area contributed by atoms with E-state index in [0.717, 1.165) is 26.1 Å². The standard InChI is InChI=1S/C22H36N4O3.HI/c1-5-23-22(24-13-12-21(27)26-14-8-9-17(2)16-26)25-15-18(3)29-20-11-7-6-10-19(20)28-4;/h6-7,10-11,17-18H,5,8-9,12-16H2,1-4H3,(H2,23,24,25);1H. The van der Waals surface area contributed by atoms with Crippen LogP contribution < -0.4 is 20.1 Å². The maximum atomic E-state index is 12.4. The molecule has 1 saturated heterocycles. The fraction of sp³-hybridized carbons (Fsp3) is 0.636. The average molecular weight is 532 g/mol. The number of ether oxygens (including phenoxy) is 2. The lowest BCUT2D eigenvalue weighted by Gasteiger charge is -2.31. The Morgan fingerprint density at radius 3 is 2.70 bits per heavy atom. The molecule has 2 N–H and O–H groups in total. The number of amides is 1. The summed E-state index contributed by atoms with van der Waals surface area (Å²) in [6, 6.07) is 7.58. The van der Waals surface area contributed by atoms with E-state index in [-0.39, 0.29) is 36.0 Å². The Hall–Kier alpha value is -1.71. The lowest BCUT2D eigenvalue weighted by molar-refractivity contribution is -0.132. The van der Waals surface area contributed by atoms with E-state index in [1.54, 1.807) is 7.11 Å². The van der Waals surface area contributed by atoms with E-state index >= 15 is 0 Å². The molecule has 0 saturated carbocycles. The molecule has 7 nitrogen and oxygen atoms in total. The van der Waals surface area contributed by atoms with Crippen molar-refractivity contribution in [2.45, 2.75) is 46.1 Å². The zero-order valence-electron chi connectivity index (χ0n) is 18.6. The zero-order valence-corrected chi connectivity index (χ0v) is 21.0. The number of nitrogens with one attached hydrogen (secondary N) is 2. The maximum absolute atomic E-state index is 12.4. The average Bonchev–Trinajstić information content (AvgIpc) is 2.72. The van der Waals surface area contributed by atoms with Crippen LogP contribution in [-0.4, -0.2) is 62.7 Å². The smallest absolute Gasteiger partial charge is 0.224 e. The number of methoxy groups -OCH3 is 1. The second-order valence-electron chi connectivity index (χ2n) is 7.56. The van der Waals surface area contributed by atoms with Gasteiger partial charge in [0.15, 0.2) is 17.5 Å². The van der Waals surface area contributed by atoms with E-state index in [4.69, 9.17) is 9.47 Å². The van der Waals surface area contributed by atoms with E-state index < -0.39 is 0 Å². The first-order valence-electron chi connectivity index (χ1n) is 10.6. The number of hydrogen-bond donors (Lipinski definition) is 2. The maximum Gasteiger partial charge on any atom is 0.224 e. The van der Waals surface area contributed by atoms with E-state index in [1.165, 1.54) is 6.42 Å². The molecular formula is C22H37IN4O3. The van der Waals surface area contributed by atoms with Gasteiger partial charge in [0, 0.05) is 32.6 Å². The van der Waals surface area contributed by atoms with Gasteiger partial charge in [-0.25, -0.2) is 4.99 Å². The number of benzene rings is 1. The molecule has 170 valence electrons. The SMILES string of the molecule is CCNC(=NCC(C)Oc1ccccc1OC)NCCC(=O)N1CCCC(C)C1.I. The van der Waals surface area contributed by atoms with Crippen molar-refractivity contribution in [3.05, 3.63) is 24.3 Å². The molecule has 0 aromatic heterocycles. The minimum absolute atomic E-state index is 0. The molecule has 2 atom stereocenters. The third kappa shape index (κ3) is 8.97. The number of carbonyl (C=O) groups is 1. The molecule has 1 amide bonds. The van der Waals surface area contributed by atoms with Crippen LogP contribution in [-0.2, 0) is 4.79 Å². The summed E-state index contributed by atoms with van der Waals surface area (Å²) in [5.74, 6) is 2.93. The van der Waals surface area contributed by atoms with Crippen LogP contribution in [0, 0.1) is 5.92 Å². The van der Waals surface area contributed by atoms with Crippen LogP contribution in [0.2, 0.25) is 0 Å². The summed E-state index contributed by atoms with van der Waals surface area (Å²) in [7, 11) is 1.63. The highest BCUT2D eigenvalue weighted by atomic mass is 127. The van der Waals surface area contributed by atoms with Crippen molar-refractivity contribution in [2.75, 3.05) is 39.8 Å². The van der Waals surface area contributed by atoms with Gasteiger partial charge >= 0.3 is 0 Å². The minimum atomic E-state index is -0.113. The molecule has 0 radical (unpaired) electrons. The van der Waals surface area contributed by atoms with Gasteiger partial charge in [-0.05, 0) is 44.7 Å². The Balaban J connectivity index is 0.00000450. The highest BCUT2D eigenvalue weighted by Gasteiger charge is 2.20. The number of likely N-dealkylation sites (tertiary alicyclic amines) is 1. The number of halogens is 1. The van der Waals surface area contributed by atoms with Crippen molar-refractivity contribution in [1.29, 1.82) is 0 Å². The van der Waals surface area contributed by atoms with Gasteiger partial charge in [-0.1, -0.05) is 19.1 Å². The summed E-state index contributed by atoms with van der Waals surface area (Å²) in [6.07, 6.45) is 2.69. The molecule has 2 rings (SSSR count). The van der Waals surface area contributed by atoms with Crippen LogP contribution in [0.3, 0.4) is 0 Å². The molecule has 1 heterocycles. The van der Waals surface area contributed by atoms with Gasteiger partial charge in [0.25, 0.3) is 0 Å². The zero-order chi connectivity index (χ0) is 21.1. The topological polar surface area (TPSA) is 75.2 Å². The monoisotopic (exact) mass is 532 g/mol. The number of nitrogens with zero attached hydrogens (tertiary/aromatic N) is 2.